The third-order valence-electron chi connectivity index (χ3n) is 9.25. The first-order valence-corrected chi connectivity index (χ1v) is 15.9. The number of fused-ring (bicyclic) bond motifs is 1. The van der Waals surface area contributed by atoms with E-state index in [9.17, 15) is 9.59 Å². The van der Waals surface area contributed by atoms with Gasteiger partial charge >= 0.3 is 0 Å². The number of nitrogens with one attached hydrogen (secondary N) is 2. The topological polar surface area (TPSA) is 86.4 Å². The third-order valence-corrected chi connectivity index (χ3v) is 9.25. The highest BCUT2D eigenvalue weighted by molar-refractivity contribution is 6.05. The molecule has 0 aromatic heterocycles. The van der Waals surface area contributed by atoms with Crippen LogP contribution in [0.4, 0.5) is 22.7 Å². The Balaban J connectivity index is 1.24. The molecule has 2 N–H and O–H groups in total. The Morgan fingerprint density at radius 2 is 1.72 bits per heavy atom. The second-order valence-corrected chi connectivity index (χ2v) is 12.8. The fourth-order valence-corrected chi connectivity index (χ4v) is 7.19. The molecule has 2 aromatic rings. The summed E-state index contributed by atoms with van der Waals surface area (Å²) in [4.78, 5) is 32.8. The maximum absolute atomic E-state index is 13.2. The molecular weight excluding hydrogens is 542 g/mol. The molecule has 1 saturated carbocycles. The minimum Gasteiger partial charge on any atom is -0.495 e. The van der Waals surface area contributed by atoms with Crippen molar-refractivity contribution in [1.29, 1.82) is 0 Å². The van der Waals surface area contributed by atoms with Gasteiger partial charge in [-0.3, -0.25) is 14.5 Å². The average molecular weight is 592 g/mol. The average Bonchev–Trinajstić information content (AvgIpc) is 2.98. The van der Waals surface area contributed by atoms with Crippen molar-refractivity contribution in [3.8, 4) is 5.75 Å². The normalized spacial score (nSPS) is 26.3. The highest BCUT2D eigenvalue weighted by Gasteiger charge is 2.37. The lowest BCUT2D eigenvalue weighted by Gasteiger charge is -2.44. The summed E-state index contributed by atoms with van der Waals surface area (Å²) < 4.78 is 11.6. The first-order valence-electron chi connectivity index (χ1n) is 15.9. The van der Waals surface area contributed by atoms with E-state index >= 15 is 0 Å². The number of hydrogen-bond acceptors (Lipinski definition) is 7. The summed E-state index contributed by atoms with van der Waals surface area (Å²) in [6.07, 6.45) is 5.44. The standard InChI is InChI=1S/C34H49N5O4/c1-8-29-34(41)37(6)30-16-12-26(18-31(30)39(29)21(2)3)35-28-15-9-24(17-32(28)42-7)33(40)36-25-10-13-27(14-11-25)38-19-22(4)43-23(5)20-38/h9,12,15-18,21-23,25,27,29,35H,8,10-11,13-14,19-20H2,1-7H3,(H,36,40)/t22-,23+,25?,27?,29-/m1/s1. The number of likely N-dealkylation sites (N-methyl/N-ethyl adjacent to an activating group) is 1. The quantitative estimate of drug-likeness (QED) is 0.416. The zero-order chi connectivity index (χ0) is 30.8. The molecule has 0 unspecified atom stereocenters. The van der Waals surface area contributed by atoms with Crippen LogP contribution >= 0.6 is 0 Å². The monoisotopic (exact) mass is 591 g/mol. The van der Waals surface area contributed by atoms with E-state index in [1.54, 1.807) is 18.1 Å². The molecular formula is C34H49N5O4. The van der Waals surface area contributed by atoms with Gasteiger partial charge in [-0.15, -0.1) is 0 Å². The molecule has 1 saturated heterocycles. The van der Waals surface area contributed by atoms with Crippen LogP contribution in [0.5, 0.6) is 5.75 Å². The van der Waals surface area contributed by atoms with E-state index < -0.39 is 0 Å². The van der Waals surface area contributed by atoms with Gasteiger partial charge in [-0.2, -0.15) is 0 Å². The molecule has 5 rings (SSSR count). The van der Waals surface area contributed by atoms with Crippen LogP contribution < -0.4 is 25.2 Å². The van der Waals surface area contributed by atoms with Crippen molar-refractivity contribution in [2.24, 2.45) is 0 Å². The molecule has 2 fully saturated rings. The van der Waals surface area contributed by atoms with Crippen molar-refractivity contribution in [2.45, 2.75) is 103 Å². The number of ether oxygens (including phenoxy) is 2. The van der Waals surface area contributed by atoms with Gasteiger partial charge in [-0.25, -0.2) is 0 Å². The van der Waals surface area contributed by atoms with E-state index in [2.05, 4.69) is 61.1 Å². The molecule has 0 bridgehead atoms. The second kappa shape index (κ2) is 13.1. The van der Waals surface area contributed by atoms with E-state index in [-0.39, 0.29) is 42.1 Å². The molecule has 2 aliphatic heterocycles. The summed E-state index contributed by atoms with van der Waals surface area (Å²) in [5.74, 6) is 0.653. The summed E-state index contributed by atoms with van der Waals surface area (Å²) in [6.45, 7) is 12.6. The maximum Gasteiger partial charge on any atom is 0.251 e. The fraction of sp³-hybridized carbons (Fsp3) is 0.588. The molecule has 1 aliphatic carbocycles. The SMILES string of the molecule is CC[C@@H]1C(=O)N(C)c2ccc(Nc3ccc(C(=O)NC4CCC(N5C[C@@H](C)O[C@@H](C)C5)CC4)cc3OC)cc2N1C(C)C. The second-order valence-electron chi connectivity index (χ2n) is 12.8. The Labute approximate surface area is 256 Å². The van der Waals surface area contributed by atoms with Gasteiger partial charge in [0.05, 0.1) is 36.4 Å². The van der Waals surface area contributed by atoms with Crippen LogP contribution in [0.2, 0.25) is 0 Å². The highest BCUT2D eigenvalue weighted by Crippen LogP contribution is 2.40. The summed E-state index contributed by atoms with van der Waals surface area (Å²) in [7, 11) is 3.47. The minimum atomic E-state index is -0.193. The number of anilines is 4. The van der Waals surface area contributed by atoms with Crippen LogP contribution in [0.1, 0.15) is 77.1 Å². The van der Waals surface area contributed by atoms with Crippen molar-refractivity contribution < 1.29 is 19.1 Å². The molecule has 43 heavy (non-hydrogen) atoms. The molecule has 3 aliphatic rings. The van der Waals surface area contributed by atoms with Gasteiger partial charge in [0.15, 0.2) is 0 Å². The lowest BCUT2D eigenvalue weighted by molar-refractivity contribution is -0.120. The highest BCUT2D eigenvalue weighted by atomic mass is 16.5. The Morgan fingerprint density at radius 1 is 1.02 bits per heavy atom. The molecule has 9 heteroatoms. The Bertz CT molecular complexity index is 1300. The molecule has 234 valence electrons. The Hall–Kier alpha value is -3.30. The van der Waals surface area contributed by atoms with Crippen molar-refractivity contribution >= 4 is 34.6 Å². The molecule has 0 spiro atoms. The number of hydrogen-bond donors (Lipinski definition) is 2. The number of carbonyl (C=O) groups is 2. The number of benzene rings is 2. The number of methoxy groups -OCH3 is 1. The molecule has 2 heterocycles. The first-order chi connectivity index (χ1) is 20.6. The Morgan fingerprint density at radius 3 is 2.35 bits per heavy atom. The van der Waals surface area contributed by atoms with Crippen molar-refractivity contribution in [2.75, 3.05) is 42.4 Å². The number of nitrogens with zero attached hydrogens (tertiary/aromatic N) is 3. The largest absolute Gasteiger partial charge is 0.495 e. The molecule has 0 radical (unpaired) electrons. The van der Waals surface area contributed by atoms with E-state index in [0.717, 1.165) is 67.9 Å². The number of rotatable bonds is 8. The van der Waals surface area contributed by atoms with Gasteiger partial charge in [-0.1, -0.05) is 6.92 Å². The fourth-order valence-electron chi connectivity index (χ4n) is 7.19. The molecule has 2 amide bonds. The maximum atomic E-state index is 13.2. The van der Waals surface area contributed by atoms with Crippen LogP contribution in [-0.2, 0) is 9.53 Å². The number of amides is 2. The van der Waals surface area contributed by atoms with Gasteiger partial charge in [-0.05, 0) is 96.2 Å². The predicted molar refractivity (Wildman–Crippen MR) is 173 cm³/mol. The van der Waals surface area contributed by atoms with Crippen LogP contribution in [0, 0.1) is 0 Å². The molecule has 2 aromatic carbocycles. The van der Waals surface area contributed by atoms with Crippen LogP contribution in [-0.4, -0.2) is 80.3 Å². The minimum absolute atomic E-state index is 0.0680. The van der Waals surface area contributed by atoms with Crippen LogP contribution in [0.3, 0.4) is 0 Å². The van der Waals surface area contributed by atoms with E-state index in [1.807, 2.05) is 31.3 Å². The van der Waals surface area contributed by atoms with Crippen molar-refractivity contribution in [3.05, 3.63) is 42.0 Å². The third kappa shape index (κ3) is 6.63. The van der Waals surface area contributed by atoms with Crippen LogP contribution in [0.25, 0.3) is 0 Å². The van der Waals surface area contributed by atoms with Gasteiger partial charge < -0.3 is 29.9 Å². The zero-order valence-electron chi connectivity index (χ0n) is 26.9. The van der Waals surface area contributed by atoms with Gasteiger partial charge in [0.25, 0.3) is 5.91 Å². The summed E-state index contributed by atoms with van der Waals surface area (Å²) in [5, 5.41) is 6.75. The Kier molecular flexibility index (Phi) is 9.51. The first kappa shape index (κ1) is 31.1. The van der Waals surface area contributed by atoms with Gasteiger partial charge in [0, 0.05) is 49.5 Å². The van der Waals surface area contributed by atoms with E-state index in [0.29, 0.717) is 17.4 Å². The molecule has 9 nitrogen and oxygen atoms in total. The smallest absolute Gasteiger partial charge is 0.251 e. The van der Waals surface area contributed by atoms with E-state index in [1.165, 1.54) is 0 Å². The van der Waals surface area contributed by atoms with Crippen molar-refractivity contribution in [3.63, 3.8) is 0 Å². The summed E-state index contributed by atoms with van der Waals surface area (Å²) >= 11 is 0. The number of carbonyl (C=O) groups excluding carboxylic acids is 2. The van der Waals surface area contributed by atoms with Crippen molar-refractivity contribution in [1.82, 2.24) is 10.2 Å². The number of morpholine rings is 1. The lowest BCUT2D eigenvalue weighted by atomic mass is 9.89. The summed E-state index contributed by atoms with van der Waals surface area (Å²) in [6, 6.07) is 12.3. The van der Waals surface area contributed by atoms with Crippen LogP contribution in [0.15, 0.2) is 36.4 Å². The summed E-state index contributed by atoms with van der Waals surface area (Å²) in [5.41, 5.74) is 4.17. The zero-order valence-corrected chi connectivity index (χ0v) is 26.9. The van der Waals surface area contributed by atoms with Gasteiger partial charge in [0.1, 0.15) is 11.8 Å². The van der Waals surface area contributed by atoms with E-state index in [4.69, 9.17) is 9.47 Å². The van der Waals surface area contributed by atoms with Gasteiger partial charge in [0.2, 0.25) is 5.91 Å². The molecule has 3 atom stereocenters. The lowest BCUT2D eigenvalue weighted by Crippen LogP contribution is -2.54. The predicted octanol–water partition coefficient (Wildman–Crippen LogP) is 5.56.